The summed E-state index contributed by atoms with van der Waals surface area (Å²) in [4.78, 5) is 34.8. The molecule has 0 aromatic carbocycles. The van der Waals surface area contributed by atoms with E-state index in [0.717, 1.165) is 12.8 Å². The molecular weight excluding hydrogens is 265 g/mol. The van der Waals surface area contributed by atoms with E-state index in [4.69, 9.17) is 5.11 Å². The highest BCUT2D eigenvalue weighted by Gasteiger charge is 2.19. The Kier molecular flexibility index (Phi) is 9.36. The van der Waals surface area contributed by atoms with Crippen LogP contribution in [0, 0.1) is 0 Å². The number of likely N-dealkylation sites (N-methyl/N-ethyl adjacent to an activating group) is 1. The van der Waals surface area contributed by atoms with Gasteiger partial charge >= 0.3 is 5.97 Å². The molecule has 20 heavy (non-hydrogen) atoms. The van der Waals surface area contributed by atoms with Crippen LogP contribution in [0.4, 0.5) is 0 Å². The van der Waals surface area contributed by atoms with E-state index >= 15 is 0 Å². The molecule has 3 N–H and O–H groups in total. The summed E-state index contributed by atoms with van der Waals surface area (Å²) in [5.41, 5.74) is 0. The van der Waals surface area contributed by atoms with Crippen molar-refractivity contribution in [2.45, 2.75) is 38.6 Å². The monoisotopic (exact) mass is 290 g/mol. The zero-order valence-electron chi connectivity index (χ0n) is 12.4. The summed E-state index contributed by atoms with van der Waals surface area (Å²) in [5, 5.41) is 13.9. The van der Waals surface area contributed by atoms with Gasteiger partial charge in [0, 0.05) is 20.0 Å². The van der Waals surface area contributed by atoms with E-state index < -0.39 is 5.97 Å². The number of unbranched alkanes of at least 4 members (excludes halogenated alkanes) is 1. The maximum absolute atomic E-state index is 11.9. The van der Waals surface area contributed by atoms with E-state index in [0.29, 0.717) is 13.0 Å². The van der Waals surface area contributed by atoms with Gasteiger partial charge in [0.15, 0.2) is 0 Å². The second kappa shape index (κ2) is 10.2. The summed E-state index contributed by atoms with van der Waals surface area (Å²) in [6.45, 7) is 2.22. The number of carbonyl (C=O) groups is 3. The molecule has 0 saturated heterocycles. The lowest BCUT2D eigenvalue weighted by Crippen LogP contribution is -2.44. The molecule has 2 amide bonds. The van der Waals surface area contributed by atoms with Crippen LogP contribution in [-0.4, -0.2) is 61.0 Å². The average Bonchev–Trinajstić information content (AvgIpc) is 2.32. The molecule has 116 valence electrons. The molecule has 0 rings (SSSR count). The molecule has 7 nitrogen and oxygen atoms in total. The lowest BCUT2D eigenvalue weighted by Gasteiger charge is -2.23. The number of rotatable bonds is 10. The normalized spacial score (nSPS) is 12.0. The van der Waals surface area contributed by atoms with Crippen LogP contribution < -0.4 is 10.6 Å². The summed E-state index contributed by atoms with van der Waals surface area (Å²) in [6, 6.07) is -0.277. The minimum Gasteiger partial charge on any atom is -0.481 e. The third kappa shape index (κ3) is 9.32. The van der Waals surface area contributed by atoms with Gasteiger partial charge in [0.05, 0.1) is 12.5 Å². The first-order chi connectivity index (χ1) is 9.34. The van der Waals surface area contributed by atoms with Gasteiger partial charge in [-0.2, -0.15) is 0 Å². The molecule has 0 aliphatic carbocycles. The molecule has 1 unspecified atom stereocenters. The van der Waals surface area contributed by atoms with Crippen LogP contribution >= 0.6 is 0 Å². The molecule has 7 heteroatoms. The Balaban J connectivity index is 3.99. The molecule has 1 atom stereocenters. The zero-order chi connectivity index (χ0) is 15.5. The number of carboxylic acid groups (broad SMARTS) is 1. The van der Waals surface area contributed by atoms with Gasteiger partial charge in [-0.25, -0.2) is 0 Å². The summed E-state index contributed by atoms with van der Waals surface area (Å²) in [6.07, 6.45) is 2.22. The Morgan fingerprint density at radius 2 is 1.75 bits per heavy atom. The van der Waals surface area contributed by atoms with Crippen molar-refractivity contribution < 1.29 is 19.5 Å². The molecule has 0 fully saturated rings. The van der Waals surface area contributed by atoms with Gasteiger partial charge in [-0.1, -0.05) is 0 Å². The predicted molar refractivity (Wildman–Crippen MR) is 75.3 cm³/mol. The van der Waals surface area contributed by atoms with E-state index in [1.807, 2.05) is 19.0 Å². The van der Waals surface area contributed by atoms with Crippen molar-refractivity contribution in [3.05, 3.63) is 0 Å². The smallest absolute Gasteiger partial charge is 0.305 e. The average molecular weight is 290 g/mol. The van der Waals surface area contributed by atoms with E-state index in [-0.39, 0.29) is 30.8 Å². The van der Waals surface area contributed by atoms with Crippen molar-refractivity contribution in [1.29, 1.82) is 0 Å². The van der Waals surface area contributed by atoms with Crippen LogP contribution in [0.5, 0.6) is 0 Å². The van der Waals surface area contributed by atoms with Crippen molar-refractivity contribution in [3.8, 4) is 0 Å². The minimum atomic E-state index is -0.929. The first kappa shape index (κ1) is 18.4. The SMILES string of the molecule is CN(C)C(CCCCN[13C]([13CH3])=O)C(=O)N[13CH2]CC(=O)O. The second-order valence-corrected chi connectivity index (χ2v) is 4.89. The quantitative estimate of drug-likeness (QED) is 0.383. The summed E-state index contributed by atoms with van der Waals surface area (Å²) in [5.74, 6) is -1.14. The third-order valence-electron chi connectivity index (χ3n) is 2.84. The van der Waals surface area contributed by atoms with Gasteiger partial charge in [0.25, 0.3) is 0 Å². The van der Waals surface area contributed by atoms with Gasteiger partial charge in [0.1, 0.15) is 0 Å². The number of carboxylic acids is 1. The highest BCUT2D eigenvalue weighted by atomic mass is 16.4. The molecule has 0 bridgehead atoms. The maximum atomic E-state index is 11.9. The number of hydrogen-bond acceptors (Lipinski definition) is 4. The Bertz CT molecular complexity index is 332. The largest absolute Gasteiger partial charge is 0.481 e. The van der Waals surface area contributed by atoms with Crippen LogP contribution in [0.25, 0.3) is 0 Å². The van der Waals surface area contributed by atoms with Gasteiger partial charge in [-0.05, 0) is 33.4 Å². The second-order valence-electron chi connectivity index (χ2n) is 4.89. The van der Waals surface area contributed by atoms with E-state index in [1.165, 1.54) is 6.92 Å². The van der Waals surface area contributed by atoms with Crippen molar-refractivity contribution in [1.82, 2.24) is 15.5 Å². The molecule has 0 spiro atoms. The molecule has 0 saturated carbocycles. The fraction of sp³-hybridized carbons (Fsp3) is 0.769. The van der Waals surface area contributed by atoms with Crippen molar-refractivity contribution in [3.63, 3.8) is 0 Å². The highest BCUT2D eigenvalue weighted by Crippen LogP contribution is 2.06. The summed E-state index contributed by atoms with van der Waals surface area (Å²) >= 11 is 0. The highest BCUT2D eigenvalue weighted by molar-refractivity contribution is 5.82. The van der Waals surface area contributed by atoms with Crippen molar-refractivity contribution in [2.75, 3.05) is 27.2 Å². The van der Waals surface area contributed by atoms with Gasteiger partial charge in [-0.3, -0.25) is 19.3 Å². The van der Waals surface area contributed by atoms with Crippen LogP contribution in [0.1, 0.15) is 32.6 Å². The minimum absolute atomic E-state index is 0.0550. The number of hydrogen-bond donors (Lipinski definition) is 3. The third-order valence-corrected chi connectivity index (χ3v) is 2.84. The van der Waals surface area contributed by atoms with Crippen molar-refractivity contribution >= 4 is 17.8 Å². The molecule has 0 heterocycles. The van der Waals surface area contributed by atoms with E-state index in [1.54, 1.807) is 0 Å². The standard InChI is InChI=1S/C13H25N3O4/c1-10(17)14-8-5-4-6-11(16(2)3)13(20)15-9-7-12(18)19/h11H,4-9H2,1-3H3,(H,14,17)(H,15,20)(H,18,19)/i1+1,9+1,10+1. The topological polar surface area (TPSA) is 98.7 Å². The maximum Gasteiger partial charge on any atom is 0.305 e. The zero-order valence-corrected chi connectivity index (χ0v) is 12.4. The van der Waals surface area contributed by atoms with Crippen LogP contribution in [0.3, 0.4) is 0 Å². The lowest BCUT2D eigenvalue weighted by molar-refractivity contribution is -0.137. The van der Waals surface area contributed by atoms with E-state index in [9.17, 15) is 14.4 Å². The van der Waals surface area contributed by atoms with Crippen LogP contribution in [0.2, 0.25) is 0 Å². The molecule has 0 radical (unpaired) electrons. The number of carbonyl (C=O) groups excluding carboxylic acids is 2. The summed E-state index contributed by atoms with van der Waals surface area (Å²) in [7, 11) is 3.63. The van der Waals surface area contributed by atoms with E-state index in [2.05, 4.69) is 10.6 Å². The Morgan fingerprint density at radius 3 is 2.25 bits per heavy atom. The van der Waals surface area contributed by atoms with Crippen molar-refractivity contribution in [2.24, 2.45) is 0 Å². The molecule has 0 aromatic rings. The Hall–Kier alpha value is -1.63. The van der Waals surface area contributed by atoms with Gasteiger partial charge < -0.3 is 15.7 Å². The number of aliphatic carboxylic acids is 1. The van der Waals surface area contributed by atoms with Gasteiger partial charge in [0.2, 0.25) is 11.8 Å². The summed E-state index contributed by atoms with van der Waals surface area (Å²) < 4.78 is 0. The lowest BCUT2D eigenvalue weighted by atomic mass is 10.1. The molecule has 0 aliphatic heterocycles. The van der Waals surface area contributed by atoms with Crippen LogP contribution in [0.15, 0.2) is 0 Å². The number of amides is 2. The molecule has 0 aliphatic rings. The predicted octanol–water partition coefficient (Wildman–Crippen LogP) is -0.186. The fourth-order valence-corrected chi connectivity index (χ4v) is 1.76. The first-order valence-corrected chi connectivity index (χ1v) is 6.75. The fourth-order valence-electron chi connectivity index (χ4n) is 1.76. The first-order valence-electron chi connectivity index (χ1n) is 6.75. The number of nitrogens with one attached hydrogen (secondary N) is 2. The Morgan fingerprint density at radius 1 is 1.10 bits per heavy atom. The Labute approximate surface area is 119 Å². The number of nitrogens with zero attached hydrogens (tertiary/aromatic N) is 1. The van der Waals surface area contributed by atoms with Crippen LogP contribution in [-0.2, 0) is 14.4 Å². The molecular formula is C13H25N3O4. The molecule has 0 aromatic heterocycles. The van der Waals surface area contributed by atoms with Gasteiger partial charge in [-0.15, -0.1) is 0 Å².